The zero-order valence-corrected chi connectivity index (χ0v) is 16.8. The first-order valence-electron chi connectivity index (χ1n) is 9.06. The van der Waals surface area contributed by atoms with Crippen molar-refractivity contribution in [2.24, 2.45) is 0 Å². The molecular formula is C17H15FN4O9S. The number of aromatic amines is 1. The number of rotatable bonds is 6. The number of aliphatic hydroxyl groups excluding tert-OH is 1. The molecule has 1 aliphatic heterocycles. The minimum Gasteiger partial charge on any atom is -0.448 e. The van der Waals surface area contributed by atoms with Crippen LogP contribution in [0.5, 0.6) is 5.88 Å². The monoisotopic (exact) mass is 470 g/mol. The molecule has 0 radical (unpaired) electrons. The predicted octanol–water partition coefficient (Wildman–Crippen LogP) is -1.14. The quantitative estimate of drug-likeness (QED) is 0.418. The lowest BCUT2D eigenvalue weighted by Crippen LogP contribution is -2.34. The number of H-pyrrole nitrogens is 1. The van der Waals surface area contributed by atoms with E-state index < -0.39 is 62.9 Å². The first-order chi connectivity index (χ1) is 15.2. The van der Waals surface area contributed by atoms with E-state index in [0.717, 1.165) is 4.57 Å². The fourth-order valence-electron chi connectivity index (χ4n) is 3.20. The minimum atomic E-state index is -4.38. The highest BCUT2D eigenvalue weighted by Gasteiger charge is 2.43. The van der Waals surface area contributed by atoms with Gasteiger partial charge in [0.15, 0.2) is 0 Å². The van der Waals surface area contributed by atoms with Gasteiger partial charge >= 0.3 is 16.6 Å². The van der Waals surface area contributed by atoms with E-state index in [4.69, 9.17) is 9.47 Å². The van der Waals surface area contributed by atoms with Crippen molar-refractivity contribution in [1.29, 1.82) is 0 Å². The number of nitrogens with zero attached hydrogens (tertiary/aromatic N) is 3. The smallest absolute Gasteiger partial charge is 0.415 e. The highest BCUT2D eigenvalue weighted by molar-refractivity contribution is 7.91. The average molecular weight is 470 g/mol. The number of benzene rings is 1. The van der Waals surface area contributed by atoms with E-state index in [-0.39, 0.29) is 16.2 Å². The van der Waals surface area contributed by atoms with Gasteiger partial charge in [-0.25, -0.2) is 13.2 Å². The van der Waals surface area contributed by atoms with Crippen LogP contribution >= 0.6 is 0 Å². The van der Waals surface area contributed by atoms with Crippen molar-refractivity contribution < 1.29 is 36.9 Å². The van der Waals surface area contributed by atoms with E-state index in [1.165, 1.54) is 24.3 Å². The lowest BCUT2D eigenvalue weighted by atomic mass is 10.2. The molecule has 32 heavy (non-hydrogen) atoms. The topological polar surface area (TPSA) is 181 Å². The number of hydrogen-bond donors (Lipinski definition) is 2. The van der Waals surface area contributed by atoms with E-state index >= 15 is 0 Å². The third-order valence-electron chi connectivity index (χ3n) is 4.71. The molecule has 0 amide bonds. The first-order valence-corrected chi connectivity index (χ1v) is 10.5. The summed E-state index contributed by atoms with van der Waals surface area (Å²) in [6.45, 7) is -0.627. The Morgan fingerprint density at radius 3 is 2.75 bits per heavy atom. The third-order valence-corrected chi connectivity index (χ3v) is 6.44. The second-order valence-corrected chi connectivity index (χ2v) is 8.57. The molecule has 3 atom stereocenters. The van der Waals surface area contributed by atoms with Gasteiger partial charge in [0.25, 0.3) is 15.4 Å². The number of ether oxygens (including phenoxy) is 2. The van der Waals surface area contributed by atoms with E-state index in [9.17, 15) is 32.7 Å². The van der Waals surface area contributed by atoms with Gasteiger partial charge in [-0.15, -0.1) is 0 Å². The van der Waals surface area contributed by atoms with Crippen LogP contribution in [-0.4, -0.2) is 47.0 Å². The minimum absolute atomic E-state index is 0.187. The van der Waals surface area contributed by atoms with Crippen LogP contribution in [0.3, 0.4) is 0 Å². The largest absolute Gasteiger partial charge is 0.448 e. The van der Waals surface area contributed by atoms with E-state index in [1.54, 1.807) is 11.1 Å². The molecule has 13 nitrogen and oxygen atoms in total. The lowest BCUT2D eigenvalue weighted by Gasteiger charge is -2.15. The second-order valence-electron chi connectivity index (χ2n) is 6.70. The first kappa shape index (κ1) is 21.7. The number of hydrogen-bond acceptors (Lipinski definition) is 10. The van der Waals surface area contributed by atoms with Gasteiger partial charge in [-0.3, -0.25) is 19.0 Å². The van der Waals surface area contributed by atoms with Crippen LogP contribution in [0.15, 0.2) is 60.7 Å². The average Bonchev–Trinajstić information content (AvgIpc) is 3.34. The summed E-state index contributed by atoms with van der Waals surface area (Å²) in [4.78, 5) is 24.4. The summed E-state index contributed by atoms with van der Waals surface area (Å²) in [6, 6.07) is 7.00. The van der Waals surface area contributed by atoms with Crippen molar-refractivity contribution in [3.63, 3.8) is 0 Å². The van der Waals surface area contributed by atoms with Crippen molar-refractivity contribution in [2.75, 3.05) is 6.61 Å². The van der Waals surface area contributed by atoms with E-state index in [2.05, 4.69) is 9.79 Å². The Morgan fingerprint density at radius 2 is 2.06 bits per heavy atom. The molecular weight excluding hydrogens is 455 g/mol. The molecule has 1 saturated heterocycles. The fraction of sp³-hybridized carbons (Fsp3) is 0.294. The molecule has 3 heterocycles. The Hall–Kier alpha value is -3.56. The summed E-state index contributed by atoms with van der Waals surface area (Å²) >= 11 is 0. The lowest BCUT2D eigenvalue weighted by molar-refractivity contribution is -0.832. The molecule has 0 bridgehead atoms. The maximum atomic E-state index is 13.6. The molecule has 1 aromatic carbocycles. The van der Waals surface area contributed by atoms with Crippen LogP contribution in [0.25, 0.3) is 0 Å². The zero-order valence-electron chi connectivity index (χ0n) is 16.0. The number of aliphatic hydroxyl groups is 1. The molecule has 2 aromatic heterocycles. The molecule has 1 fully saturated rings. The van der Waals surface area contributed by atoms with Crippen LogP contribution in [0.2, 0.25) is 0 Å². The van der Waals surface area contributed by atoms with Crippen molar-refractivity contribution in [3.8, 4) is 5.88 Å². The molecule has 1 aliphatic rings. The van der Waals surface area contributed by atoms with Crippen molar-refractivity contribution in [2.45, 2.75) is 34.8 Å². The molecule has 3 aromatic rings. The van der Waals surface area contributed by atoms with Crippen LogP contribution in [-0.2, 0) is 14.6 Å². The molecule has 0 spiro atoms. The molecule has 0 saturated carbocycles. The summed E-state index contributed by atoms with van der Waals surface area (Å²) in [5.41, 5.74) is -2.18. The number of nitrogens with one attached hydrogen (secondary N) is 1. The zero-order chi connectivity index (χ0) is 23.0. The van der Waals surface area contributed by atoms with Gasteiger partial charge in [0.1, 0.15) is 18.4 Å². The summed E-state index contributed by atoms with van der Waals surface area (Å²) in [7, 11) is -4.38. The van der Waals surface area contributed by atoms with E-state index in [1.807, 2.05) is 0 Å². The Balaban J connectivity index is 1.65. The van der Waals surface area contributed by atoms with E-state index in [0.29, 0.717) is 6.20 Å². The maximum absolute atomic E-state index is 13.6. The van der Waals surface area contributed by atoms with Crippen molar-refractivity contribution in [3.05, 3.63) is 68.4 Å². The predicted molar refractivity (Wildman–Crippen MR) is 98.7 cm³/mol. The van der Waals surface area contributed by atoms with Gasteiger partial charge in [-0.1, -0.05) is 18.2 Å². The summed E-state index contributed by atoms with van der Waals surface area (Å²) < 4.78 is 55.5. The van der Waals surface area contributed by atoms with Gasteiger partial charge < -0.3 is 19.8 Å². The van der Waals surface area contributed by atoms with Crippen LogP contribution in [0.4, 0.5) is 4.39 Å². The molecule has 15 heteroatoms. The summed E-state index contributed by atoms with van der Waals surface area (Å²) in [6.07, 6.45) is -2.94. The Kier molecular flexibility index (Phi) is 5.53. The molecule has 3 unspecified atom stereocenters. The fourth-order valence-corrected chi connectivity index (χ4v) is 4.49. The van der Waals surface area contributed by atoms with Crippen LogP contribution in [0.1, 0.15) is 12.6 Å². The third kappa shape index (κ3) is 3.76. The number of sulfone groups is 1. The second kappa shape index (κ2) is 8.18. The van der Waals surface area contributed by atoms with Crippen molar-refractivity contribution in [1.82, 2.24) is 14.7 Å². The molecule has 0 aliphatic carbocycles. The SMILES string of the molecule is O=c1[nH]c(=O)n(C2CC(Oc3no[n+]([O-])c3S(=O)(=O)c3ccccc3)C(CO)O2)cc1F. The van der Waals surface area contributed by atoms with Gasteiger partial charge in [0.05, 0.1) is 22.9 Å². The van der Waals surface area contributed by atoms with Gasteiger partial charge in [0, 0.05) is 6.42 Å². The highest BCUT2D eigenvalue weighted by atomic mass is 32.2. The van der Waals surface area contributed by atoms with Crippen LogP contribution < -0.4 is 20.9 Å². The number of aromatic nitrogens is 4. The van der Waals surface area contributed by atoms with Gasteiger partial charge in [-0.05, 0) is 17.0 Å². The normalized spacial score (nSPS) is 21.0. The maximum Gasteiger partial charge on any atom is 0.415 e. The molecule has 4 rings (SSSR count). The molecule has 170 valence electrons. The Bertz CT molecular complexity index is 1350. The number of halogens is 1. The van der Waals surface area contributed by atoms with Crippen LogP contribution in [0, 0.1) is 11.0 Å². The molecule has 2 N–H and O–H groups in total. The Morgan fingerprint density at radius 1 is 1.34 bits per heavy atom. The van der Waals surface area contributed by atoms with Gasteiger partial charge in [0.2, 0.25) is 5.82 Å². The highest BCUT2D eigenvalue weighted by Crippen LogP contribution is 2.33. The standard InChI is InChI=1S/C17H15FN4O9S/c18-10-7-21(17(25)19-14(10)24)13-6-11(12(8-23)29-13)30-15-16(22(26)31-20-15)32(27,28)9-4-2-1-3-5-9/h1-5,7,11-13,23H,6,8H2,(H,19,24,25). The van der Waals surface area contributed by atoms with Crippen molar-refractivity contribution >= 4 is 9.84 Å². The Labute approximate surface area is 177 Å². The summed E-state index contributed by atoms with van der Waals surface area (Å²) in [5.74, 6) is -1.92. The summed E-state index contributed by atoms with van der Waals surface area (Å²) in [5, 5.41) is 24.0. The van der Waals surface area contributed by atoms with Gasteiger partial charge in [-0.2, -0.15) is 4.39 Å².